The third-order valence-corrected chi connectivity index (χ3v) is 5.69. The number of furan rings is 1. The van der Waals surface area contributed by atoms with Gasteiger partial charge >= 0.3 is 0 Å². The van der Waals surface area contributed by atoms with Gasteiger partial charge in [-0.05, 0) is 41.0 Å². The predicted molar refractivity (Wildman–Crippen MR) is 119 cm³/mol. The molecule has 4 aromatic rings. The van der Waals surface area contributed by atoms with Crippen molar-refractivity contribution in [3.63, 3.8) is 0 Å². The summed E-state index contributed by atoms with van der Waals surface area (Å²) in [5, 5.41) is 22.1. The minimum absolute atomic E-state index is 0.217. The molecule has 7 heteroatoms. The molecule has 2 aromatic heterocycles. The first kappa shape index (κ1) is 20.5. The molecule has 2 aromatic carbocycles. The first-order valence-electron chi connectivity index (χ1n) is 9.99. The first-order valence-corrected chi connectivity index (χ1v) is 11.0. The summed E-state index contributed by atoms with van der Waals surface area (Å²) in [6.07, 6.45) is 1.00. The van der Waals surface area contributed by atoms with Crippen LogP contribution in [0.5, 0.6) is 5.75 Å². The molecule has 6 nitrogen and oxygen atoms in total. The molecule has 30 heavy (non-hydrogen) atoms. The zero-order valence-electron chi connectivity index (χ0n) is 17.1. The second kappa shape index (κ2) is 9.36. The lowest BCUT2D eigenvalue weighted by Gasteiger charge is -2.14. The maximum absolute atomic E-state index is 10.4. The molecule has 1 atom stereocenters. The van der Waals surface area contributed by atoms with Gasteiger partial charge in [0.05, 0.1) is 12.4 Å². The van der Waals surface area contributed by atoms with E-state index in [-0.39, 0.29) is 6.61 Å². The van der Waals surface area contributed by atoms with Crippen molar-refractivity contribution in [1.82, 2.24) is 14.8 Å². The minimum atomic E-state index is -0.627. The molecule has 0 fully saturated rings. The van der Waals surface area contributed by atoms with Gasteiger partial charge in [-0.1, -0.05) is 55.9 Å². The highest BCUT2D eigenvalue weighted by atomic mass is 32.2. The molecule has 0 radical (unpaired) electrons. The predicted octanol–water partition coefficient (Wildman–Crippen LogP) is 4.88. The van der Waals surface area contributed by atoms with Gasteiger partial charge in [-0.2, -0.15) is 0 Å². The van der Waals surface area contributed by atoms with E-state index < -0.39 is 6.10 Å². The SMILES string of the molecule is CC(C)Cn1c(SCC(O)COc2ccc3ccccc3c2)nnc1-c1ccco1. The van der Waals surface area contributed by atoms with Crippen LogP contribution in [0.25, 0.3) is 22.4 Å². The number of aliphatic hydroxyl groups excluding tert-OH is 1. The highest BCUT2D eigenvalue weighted by Gasteiger charge is 2.18. The molecule has 0 bridgehead atoms. The van der Waals surface area contributed by atoms with E-state index in [1.807, 2.05) is 53.1 Å². The van der Waals surface area contributed by atoms with Gasteiger partial charge < -0.3 is 14.3 Å². The average Bonchev–Trinajstić information content (AvgIpc) is 3.40. The lowest BCUT2D eigenvalue weighted by molar-refractivity contribution is 0.126. The number of benzene rings is 2. The van der Waals surface area contributed by atoms with Gasteiger partial charge in [-0.15, -0.1) is 10.2 Å². The fourth-order valence-corrected chi connectivity index (χ4v) is 4.03. The maximum atomic E-state index is 10.4. The summed E-state index contributed by atoms with van der Waals surface area (Å²) in [6.45, 7) is 5.28. The number of aromatic nitrogens is 3. The van der Waals surface area contributed by atoms with Gasteiger partial charge in [0.25, 0.3) is 0 Å². The molecule has 0 aliphatic carbocycles. The van der Waals surface area contributed by atoms with E-state index >= 15 is 0 Å². The Bertz CT molecular complexity index is 1090. The molecule has 0 saturated heterocycles. The van der Waals surface area contributed by atoms with Crippen molar-refractivity contribution in [1.29, 1.82) is 0 Å². The largest absolute Gasteiger partial charge is 0.491 e. The number of fused-ring (bicyclic) bond motifs is 1. The number of thioether (sulfide) groups is 1. The number of rotatable bonds is 9. The summed E-state index contributed by atoms with van der Waals surface area (Å²) >= 11 is 1.47. The van der Waals surface area contributed by atoms with Crippen LogP contribution in [0, 0.1) is 5.92 Å². The topological polar surface area (TPSA) is 73.3 Å². The van der Waals surface area contributed by atoms with E-state index in [1.165, 1.54) is 11.8 Å². The van der Waals surface area contributed by atoms with E-state index in [4.69, 9.17) is 9.15 Å². The molecular formula is C23H25N3O3S. The van der Waals surface area contributed by atoms with Crippen molar-refractivity contribution in [2.45, 2.75) is 31.7 Å². The van der Waals surface area contributed by atoms with Gasteiger partial charge in [-0.25, -0.2) is 0 Å². The van der Waals surface area contributed by atoms with Gasteiger partial charge in [0.2, 0.25) is 0 Å². The normalized spacial score (nSPS) is 12.5. The van der Waals surface area contributed by atoms with E-state index in [2.05, 4.69) is 30.1 Å². The summed E-state index contributed by atoms with van der Waals surface area (Å²) in [4.78, 5) is 0. The van der Waals surface area contributed by atoms with Crippen LogP contribution in [0.15, 0.2) is 70.4 Å². The summed E-state index contributed by atoms with van der Waals surface area (Å²) in [5.74, 6) is 3.03. The lowest BCUT2D eigenvalue weighted by Crippen LogP contribution is -2.20. The summed E-state index contributed by atoms with van der Waals surface area (Å²) in [5.41, 5.74) is 0. The van der Waals surface area contributed by atoms with Gasteiger partial charge in [-0.3, -0.25) is 4.57 Å². The zero-order valence-corrected chi connectivity index (χ0v) is 17.9. The van der Waals surface area contributed by atoms with Crippen molar-refractivity contribution in [2.24, 2.45) is 5.92 Å². The number of hydrogen-bond donors (Lipinski definition) is 1. The molecule has 0 spiro atoms. The molecule has 1 unspecified atom stereocenters. The van der Waals surface area contributed by atoms with Crippen molar-refractivity contribution >= 4 is 22.5 Å². The van der Waals surface area contributed by atoms with E-state index in [0.29, 0.717) is 23.3 Å². The fourth-order valence-electron chi connectivity index (χ4n) is 3.18. The average molecular weight is 424 g/mol. The Morgan fingerprint density at radius 1 is 1.07 bits per heavy atom. The lowest BCUT2D eigenvalue weighted by atomic mass is 10.1. The molecule has 1 N–H and O–H groups in total. The number of ether oxygens (including phenoxy) is 1. The van der Waals surface area contributed by atoms with Gasteiger partial charge in [0.15, 0.2) is 16.7 Å². The number of hydrogen-bond acceptors (Lipinski definition) is 6. The van der Waals surface area contributed by atoms with E-state index in [0.717, 1.165) is 28.2 Å². The molecule has 0 aliphatic rings. The van der Waals surface area contributed by atoms with Gasteiger partial charge in [0.1, 0.15) is 12.4 Å². The smallest absolute Gasteiger partial charge is 0.200 e. The fraction of sp³-hybridized carbons (Fsp3) is 0.304. The Morgan fingerprint density at radius 3 is 2.67 bits per heavy atom. The van der Waals surface area contributed by atoms with Crippen LogP contribution in [0.4, 0.5) is 0 Å². The van der Waals surface area contributed by atoms with Crippen LogP contribution in [0.2, 0.25) is 0 Å². The third-order valence-electron chi connectivity index (χ3n) is 4.57. The second-order valence-electron chi connectivity index (χ2n) is 7.57. The molecule has 0 amide bonds. The van der Waals surface area contributed by atoms with Crippen LogP contribution in [-0.4, -0.2) is 38.3 Å². The summed E-state index contributed by atoms with van der Waals surface area (Å²) in [6, 6.07) is 17.8. The Balaban J connectivity index is 1.37. The van der Waals surface area contributed by atoms with Crippen molar-refractivity contribution in [3.05, 3.63) is 60.9 Å². The standard InChI is InChI=1S/C23H25N3O3S/c1-16(2)13-26-22(21-8-5-11-28-21)24-25-23(26)30-15-19(27)14-29-20-10-9-17-6-3-4-7-18(17)12-20/h3-12,16,19,27H,13-15H2,1-2H3. The van der Waals surface area contributed by atoms with Crippen LogP contribution >= 0.6 is 11.8 Å². The molecular weight excluding hydrogens is 398 g/mol. The zero-order chi connectivity index (χ0) is 20.9. The first-order chi connectivity index (χ1) is 14.6. The molecule has 0 aliphatic heterocycles. The van der Waals surface area contributed by atoms with E-state index in [1.54, 1.807) is 6.26 Å². The Hall–Kier alpha value is -2.77. The van der Waals surface area contributed by atoms with Crippen LogP contribution in [0.3, 0.4) is 0 Å². The molecule has 0 saturated carbocycles. The highest BCUT2D eigenvalue weighted by Crippen LogP contribution is 2.26. The monoisotopic (exact) mass is 423 g/mol. The Kier molecular flexibility index (Phi) is 6.40. The quantitative estimate of drug-likeness (QED) is 0.387. The van der Waals surface area contributed by atoms with Crippen molar-refractivity contribution in [3.8, 4) is 17.3 Å². The van der Waals surface area contributed by atoms with Crippen LogP contribution < -0.4 is 4.74 Å². The molecule has 2 heterocycles. The summed E-state index contributed by atoms with van der Waals surface area (Å²) < 4.78 is 13.3. The van der Waals surface area contributed by atoms with Crippen LogP contribution in [-0.2, 0) is 6.54 Å². The number of nitrogens with zero attached hydrogens (tertiary/aromatic N) is 3. The second-order valence-corrected chi connectivity index (χ2v) is 8.56. The molecule has 4 rings (SSSR count). The number of aliphatic hydroxyl groups is 1. The summed E-state index contributed by atoms with van der Waals surface area (Å²) in [7, 11) is 0. The Labute approximate surface area is 179 Å². The molecule has 156 valence electrons. The minimum Gasteiger partial charge on any atom is -0.491 e. The van der Waals surface area contributed by atoms with Gasteiger partial charge in [0, 0.05) is 12.3 Å². The van der Waals surface area contributed by atoms with Crippen molar-refractivity contribution < 1.29 is 14.3 Å². The highest BCUT2D eigenvalue weighted by molar-refractivity contribution is 7.99. The Morgan fingerprint density at radius 2 is 1.90 bits per heavy atom. The third kappa shape index (κ3) is 4.86. The van der Waals surface area contributed by atoms with E-state index in [9.17, 15) is 5.11 Å². The van der Waals surface area contributed by atoms with Crippen LogP contribution in [0.1, 0.15) is 13.8 Å². The maximum Gasteiger partial charge on any atom is 0.200 e. The van der Waals surface area contributed by atoms with Crippen molar-refractivity contribution in [2.75, 3.05) is 12.4 Å².